The highest BCUT2D eigenvalue weighted by Gasteiger charge is 2.10. The van der Waals surface area contributed by atoms with E-state index < -0.39 is 0 Å². The summed E-state index contributed by atoms with van der Waals surface area (Å²) >= 11 is 2.16. The molecule has 0 aliphatic rings. The van der Waals surface area contributed by atoms with Crippen molar-refractivity contribution in [2.45, 2.75) is 6.54 Å². The molecule has 0 aliphatic heterocycles. The van der Waals surface area contributed by atoms with E-state index in [4.69, 9.17) is 4.42 Å². The Balaban J connectivity index is 1.73. The molecule has 3 rings (SSSR count). The summed E-state index contributed by atoms with van der Waals surface area (Å²) in [5, 5.41) is 3.93. The lowest BCUT2D eigenvalue weighted by Gasteiger charge is -2.04. The highest BCUT2D eigenvalue weighted by atomic mass is 127. The molecule has 20 heavy (non-hydrogen) atoms. The lowest BCUT2D eigenvalue weighted by molar-refractivity contribution is 0.0947. The van der Waals surface area contributed by atoms with E-state index in [2.05, 4.69) is 27.9 Å². The lowest BCUT2D eigenvalue weighted by Crippen LogP contribution is -2.23. The van der Waals surface area contributed by atoms with Gasteiger partial charge in [0.1, 0.15) is 11.3 Å². The number of halogens is 1. The molecule has 0 spiro atoms. The zero-order valence-electron chi connectivity index (χ0n) is 10.6. The van der Waals surface area contributed by atoms with Gasteiger partial charge in [-0.05, 0) is 46.9 Å². The second-order valence-corrected chi connectivity index (χ2v) is 5.58. The van der Waals surface area contributed by atoms with Crippen molar-refractivity contribution < 1.29 is 9.21 Å². The summed E-state index contributed by atoms with van der Waals surface area (Å²) in [6, 6.07) is 17.3. The van der Waals surface area contributed by atoms with Gasteiger partial charge in [-0.25, -0.2) is 0 Å². The first-order valence-corrected chi connectivity index (χ1v) is 7.32. The lowest BCUT2D eigenvalue weighted by atomic mass is 10.2. The smallest absolute Gasteiger partial charge is 0.252 e. The molecule has 0 radical (unpaired) electrons. The van der Waals surface area contributed by atoms with Gasteiger partial charge in [0.2, 0.25) is 0 Å². The monoisotopic (exact) mass is 377 g/mol. The number of hydrogen-bond donors (Lipinski definition) is 1. The molecule has 0 bridgehead atoms. The average molecular weight is 377 g/mol. The van der Waals surface area contributed by atoms with Gasteiger partial charge in [-0.3, -0.25) is 4.79 Å². The minimum Gasteiger partial charge on any atom is -0.459 e. The first-order valence-electron chi connectivity index (χ1n) is 6.24. The number of hydrogen-bond acceptors (Lipinski definition) is 2. The Labute approximate surface area is 130 Å². The van der Waals surface area contributed by atoms with E-state index in [0.29, 0.717) is 12.1 Å². The van der Waals surface area contributed by atoms with Crippen LogP contribution in [0, 0.1) is 3.57 Å². The van der Waals surface area contributed by atoms with Gasteiger partial charge in [-0.1, -0.05) is 30.3 Å². The van der Waals surface area contributed by atoms with Crippen molar-refractivity contribution in [3.8, 4) is 0 Å². The third-order valence-electron chi connectivity index (χ3n) is 3.02. The van der Waals surface area contributed by atoms with Gasteiger partial charge >= 0.3 is 0 Å². The molecule has 3 aromatic rings. The Morgan fingerprint density at radius 2 is 1.85 bits per heavy atom. The largest absolute Gasteiger partial charge is 0.459 e. The van der Waals surface area contributed by atoms with Gasteiger partial charge in [0.05, 0.1) is 12.1 Å². The second kappa shape index (κ2) is 5.66. The molecule has 0 saturated heterocycles. The highest BCUT2D eigenvalue weighted by molar-refractivity contribution is 14.1. The van der Waals surface area contributed by atoms with Crippen molar-refractivity contribution in [3.05, 3.63) is 69.5 Å². The quantitative estimate of drug-likeness (QED) is 0.702. The molecule has 3 nitrogen and oxygen atoms in total. The van der Waals surface area contributed by atoms with Crippen LogP contribution in [0.4, 0.5) is 0 Å². The van der Waals surface area contributed by atoms with E-state index in [9.17, 15) is 4.79 Å². The fourth-order valence-corrected chi connectivity index (χ4v) is 2.66. The van der Waals surface area contributed by atoms with Gasteiger partial charge in [0.15, 0.2) is 0 Å². The molecule has 0 atom stereocenters. The number of para-hydroxylation sites is 1. The first kappa shape index (κ1) is 13.2. The normalized spacial score (nSPS) is 10.7. The van der Waals surface area contributed by atoms with E-state index in [-0.39, 0.29) is 5.91 Å². The second-order valence-electron chi connectivity index (χ2n) is 4.41. The summed E-state index contributed by atoms with van der Waals surface area (Å²) in [6.07, 6.45) is 0. The summed E-state index contributed by atoms with van der Waals surface area (Å²) in [7, 11) is 0. The summed E-state index contributed by atoms with van der Waals surface area (Å²) in [5.41, 5.74) is 1.52. The third kappa shape index (κ3) is 2.70. The molecule has 1 amide bonds. The van der Waals surface area contributed by atoms with E-state index in [0.717, 1.165) is 20.3 Å². The molecule has 2 aromatic carbocycles. The van der Waals surface area contributed by atoms with E-state index in [1.165, 1.54) is 0 Å². The van der Waals surface area contributed by atoms with E-state index in [1.807, 2.05) is 54.6 Å². The molecule has 0 aliphatic carbocycles. The van der Waals surface area contributed by atoms with Crippen LogP contribution in [0.2, 0.25) is 0 Å². The van der Waals surface area contributed by atoms with Gasteiger partial charge in [-0.15, -0.1) is 0 Å². The van der Waals surface area contributed by atoms with Crippen LogP contribution in [0.25, 0.3) is 11.0 Å². The van der Waals surface area contributed by atoms with Crippen LogP contribution < -0.4 is 5.32 Å². The van der Waals surface area contributed by atoms with Gasteiger partial charge in [0.25, 0.3) is 5.91 Å². The van der Waals surface area contributed by atoms with Crippen molar-refractivity contribution in [1.29, 1.82) is 0 Å². The average Bonchev–Trinajstić information content (AvgIpc) is 2.88. The molecule has 0 fully saturated rings. The van der Waals surface area contributed by atoms with Crippen molar-refractivity contribution in [1.82, 2.24) is 5.32 Å². The summed E-state index contributed by atoms with van der Waals surface area (Å²) in [5.74, 6) is 0.668. The predicted molar refractivity (Wildman–Crippen MR) is 86.5 cm³/mol. The van der Waals surface area contributed by atoms with Crippen molar-refractivity contribution in [3.63, 3.8) is 0 Å². The fourth-order valence-electron chi connectivity index (χ4n) is 2.03. The zero-order chi connectivity index (χ0) is 13.9. The molecular formula is C16H12INO2. The molecule has 100 valence electrons. The van der Waals surface area contributed by atoms with Gasteiger partial charge < -0.3 is 9.73 Å². The number of furan rings is 1. The van der Waals surface area contributed by atoms with Crippen molar-refractivity contribution >= 4 is 39.5 Å². The van der Waals surface area contributed by atoms with Crippen LogP contribution >= 0.6 is 22.6 Å². The summed E-state index contributed by atoms with van der Waals surface area (Å²) in [4.78, 5) is 12.1. The molecule has 1 N–H and O–H groups in total. The van der Waals surface area contributed by atoms with Crippen molar-refractivity contribution in [2.24, 2.45) is 0 Å². The molecule has 1 heterocycles. The number of fused-ring (bicyclic) bond motifs is 1. The Bertz CT molecular complexity index is 731. The zero-order valence-corrected chi connectivity index (χ0v) is 12.8. The Morgan fingerprint density at radius 1 is 1.10 bits per heavy atom. The molecule has 1 aromatic heterocycles. The van der Waals surface area contributed by atoms with E-state index >= 15 is 0 Å². The number of benzene rings is 2. The van der Waals surface area contributed by atoms with Crippen LogP contribution in [0.3, 0.4) is 0 Å². The van der Waals surface area contributed by atoms with Crippen LogP contribution in [0.1, 0.15) is 16.1 Å². The van der Waals surface area contributed by atoms with Crippen molar-refractivity contribution in [2.75, 3.05) is 0 Å². The van der Waals surface area contributed by atoms with Crippen LogP contribution in [-0.4, -0.2) is 5.91 Å². The first-order chi connectivity index (χ1) is 9.74. The maximum absolute atomic E-state index is 12.1. The Morgan fingerprint density at radius 3 is 2.65 bits per heavy atom. The molecule has 0 saturated carbocycles. The number of carbonyl (C=O) groups is 1. The summed E-state index contributed by atoms with van der Waals surface area (Å²) in [6.45, 7) is 0.387. The molecule has 0 unspecified atom stereocenters. The third-order valence-corrected chi connectivity index (χ3v) is 3.96. The maximum Gasteiger partial charge on any atom is 0.252 e. The Kier molecular flexibility index (Phi) is 3.73. The number of amides is 1. The van der Waals surface area contributed by atoms with Gasteiger partial charge in [0, 0.05) is 8.96 Å². The minimum atomic E-state index is -0.0875. The Hall–Kier alpha value is -1.82. The standard InChI is InChI=1S/C16H12INO2/c17-14-7-3-2-6-13(14)16(19)18-10-12-9-11-5-1-4-8-15(11)20-12/h1-9H,10H2,(H,18,19). The highest BCUT2D eigenvalue weighted by Crippen LogP contribution is 2.18. The van der Waals surface area contributed by atoms with E-state index in [1.54, 1.807) is 0 Å². The SMILES string of the molecule is O=C(NCc1cc2ccccc2o1)c1ccccc1I. The minimum absolute atomic E-state index is 0.0875. The summed E-state index contributed by atoms with van der Waals surface area (Å²) < 4.78 is 6.61. The molecular weight excluding hydrogens is 365 g/mol. The number of nitrogens with one attached hydrogen (secondary N) is 1. The topological polar surface area (TPSA) is 42.2 Å². The van der Waals surface area contributed by atoms with Gasteiger partial charge in [-0.2, -0.15) is 0 Å². The van der Waals surface area contributed by atoms with Crippen LogP contribution in [0.5, 0.6) is 0 Å². The predicted octanol–water partition coefficient (Wildman–Crippen LogP) is 3.97. The fraction of sp³-hybridized carbons (Fsp3) is 0.0625. The number of carbonyl (C=O) groups excluding carboxylic acids is 1. The molecule has 4 heteroatoms. The maximum atomic E-state index is 12.1. The van der Waals surface area contributed by atoms with Crippen LogP contribution in [-0.2, 0) is 6.54 Å². The number of rotatable bonds is 3. The van der Waals surface area contributed by atoms with Crippen LogP contribution in [0.15, 0.2) is 59.0 Å².